The molecule has 0 fully saturated rings. The van der Waals surface area contributed by atoms with E-state index in [9.17, 15) is 4.79 Å². The number of isocyanates is 1. The highest BCUT2D eigenvalue weighted by Crippen LogP contribution is 2.39. The second kappa shape index (κ2) is 6.53. The molecule has 0 aromatic heterocycles. The van der Waals surface area contributed by atoms with Crippen molar-refractivity contribution >= 4 is 28.8 Å². The maximum absolute atomic E-state index is 10.7. The van der Waals surface area contributed by atoms with Gasteiger partial charge in [0.05, 0.1) is 5.69 Å². The summed E-state index contributed by atoms with van der Waals surface area (Å²) in [5, 5.41) is 0. The van der Waals surface area contributed by atoms with Crippen molar-refractivity contribution in [2.45, 2.75) is 0 Å². The lowest BCUT2D eigenvalue weighted by Gasteiger charge is -2.26. The van der Waals surface area contributed by atoms with Crippen LogP contribution < -0.4 is 4.90 Å². The normalized spacial score (nSPS) is 9.82. The molecule has 3 nitrogen and oxygen atoms in total. The van der Waals surface area contributed by atoms with Crippen LogP contribution in [0.2, 0.25) is 0 Å². The van der Waals surface area contributed by atoms with Crippen molar-refractivity contribution in [2.75, 3.05) is 4.90 Å². The molecule has 3 heteroatoms. The minimum atomic E-state index is 0.588. The zero-order valence-electron chi connectivity index (χ0n) is 11.9. The zero-order valence-corrected chi connectivity index (χ0v) is 11.9. The summed E-state index contributed by atoms with van der Waals surface area (Å²) in [6.45, 7) is 0. The summed E-state index contributed by atoms with van der Waals surface area (Å²) >= 11 is 0. The second-order valence-electron chi connectivity index (χ2n) is 4.70. The quantitative estimate of drug-likeness (QED) is 0.492. The number of hydrogen-bond acceptors (Lipinski definition) is 3. The van der Waals surface area contributed by atoms with Gasteiger partial charge in [0.1, 0.15) is 5.69 Å². The van der Waals surface area contributed by atoms with Crippen LogP contribution in [0.25, 0.3) is 0 Å². The summed E-state index contributed by atoms with van der Waals surface area (Å²) in [7, 11) is 0. The van der Waals surface area contributed by atoms with Gasteiger partial charge >= 0.3 is 0 Å². The molecular weight excluding hydrogens is 272 g/mol. The lowest BCUT2D eigenvalue weighted by atomic mass is 10.1. The number of rotatable bonds is 4. The molecule has 0 unspecified atom stereocenters. The van der Waals surface area contributed by atoms with Crippen molar-refractivity contribution < 1.29 is 4.79 Å². The van der Waals surface area contributed by atoms with E-state index in [-0.39, 0.29) is 0 Å². The summed E-state index contributed by atoms with van der Waals surface area (Å²) < 4.78 is 0. The first-order valence-electron chi connectivity index (χ1n) is 6.97. The number of aliphatic imine (C=N–C) groups is 1. The SMILES string of the molecule is O=C=Nc1ccccc1N(c1ccccc1)c1ccccc1. The van der Waals surface area contributed by atoms with Crippen LogP contribution >= 0.6 is 0 Å². The van der Waals surface area contributed by atoms with Crippen LogP contribution in [0.1, 0.15) is 0 Å². The Balaban J connectivity index is 2.21. The van der Waals surface area contributed by atoms with E-state index in [1.165, 1.54) is 0 Å². The molecule has 0 heterocycles. The van der Waals surface area contributed by atoms with E-state index in [2.05, 4.69) is 9.89 Å². The van der Waals surface area contributed by atoms with Crippen molar-refractivity contribution in [1.29, 1.82) is 0 Å². The largest absolute Gasteiger partial charge is 0.308 e. The van der Waals surface area contributed by atoms with Crippen LogP contribution in [0, 0.1) is 0 Å². The average molecular weight is 286 g/mol. The smallest absolute Gasteiger partial charge is 0.240 e. The summed E-state index contributed by atoms with van der Waals surface area (Å²) in [5.41, 5.74) is 3.43. The lowest BCUT2D eigenvalue weighted by Crippen LogP contribution is -2.09. The fourth-order valence-corrected chi connectivity index (χ4v) is 2.38. The van der Waals surface area contributed by atoms with Gasteiger partial charge in [-0.2, -0.15) is 4.99 Å². The molecule has 0 bridgehead atoms. The van der Waals surface area contributed by atoms with E-state index >= 15 is 0 Å². The third kappa shape index (κ3) is 2.80. The highest BCUT2D eigenvalue weighted by Gasteiger charge is 2.14. The van der Waals surface area contributed by atoms with Crippen LogP contribution in [0.5, 0.6) is 0 Å². The minimum Gasteiger partial charge on any atom is -0.308 e. The van der Waals surface area contributed by atoms with Gasteiger partial charge in [0, 0.05) is 11.4 Å². The Morgan fingerprint density at radius 1 is 0.682 bits per heavy atom. The first kappa shape index (κ1) is 13.8. The van der Waals surface area contributed by atoms with Crippen molar-refractivity contribution in [3.05, 3.63) is 84.9 Å². The molecule has 22 heavy (non-hydrogen) atoms. The Labute approximate surface area is 129 Å². The molecular formula is C19H14N2O. The van der Waals surface area contributed by atoms with Crippen molar-refractivity contribution in [2.24, 2.45) is 4.99 Å². The molecule has 0 aliphatic heterocycles. The molecule has 0 spiro atoms. The maximum Gasteiger partial charge on any atom is 0.240 e. The van der Waals surface area contributed by atoms with E-state index in [4.69, 9.17) is 0 Å². The Bertz CT molecular complexity index is 754. The number of anilines is 3. The predicted molar refractivity (Wildman–Crippen MR) is 88.9 cm³/mol. The standard InChI is InChI=1S/C19H14N2O/c22-15-20-18-13-7-8-14-19(18)21(16-9-3-1-4-10-16)17-11-5-2-6-12-17/h1-14H. The molecule has 0 atom stereocenters. The lowest BCUT2D eigenvalue weighted by molar-refractivity contribution is 0.565. The molecule has 0 aliphatic carbocycles. The zero-order chi connectivity index (χ0) is 15.2. The van der Waals surface area contributed by atoms with Crippen LogP contribution in [0.15, 0.2) is 89.9 Å². The van der Waals surface area contributed by atoms with Crippen molar-refractivity contribution in [1.82, 2.24) is 0 Å². The molecule has 0 saturated carbocycles. The first-order chi connectivity index (χ1) is 10.9. The van der Waals surface area contributed by atoms with E-state index < -0.39 is 0 Å². The van der Waals surface area contributed by atoms with Crippen molar-refractivity contribution in [3.8, 4) is 0 Å². The number of nitrogens with zero attached hydrogens (tertiary/aromatic N) is 2. The van der Waals surface area contributed by atoms with Crippen LogP contribution in [-0.4, -0.2) is 6.08 Å². The van der Waals surface area contributed by atoms with Crippen LogP contribution in [0.4, 0.5) is 22.7 Å². The molecule has 0 saturated heterocycles. The fourth-order valence-electron chi connectivity index (χ4n) is 2.38. The van der Waals surface area contributed by atoms with Crippen molar-refractivity contribution in [3.63, 3.8) is 0 Å². The van der Waals surface area contributed by atoms with Gasteiger partial charge in [-0.15, -0.1) is 0 Å². The minimum absolute atomic E-state index is 0.588. The van der Waals surface area contributed by atoms with Crippen LogP contribution in [0.3, 0.4) is 0 Å². The van der Waals surface area contributed by atoms with Gasteiger partial charge in [-0.05, 0) is 36.4 Å². The summed E-state index contributed by atoms with van der Waals surface area (Å²) in [6, 6.07) is 27.5. The highest BCUT2D eigenvalue weighted by atomic mass is 16.1. The molecule has 0 N–H and O–H groups in total. The summed E-state index contributed by atoms with van der Waals surface area (Å²) in [5.74, 6) is 0. The Kier molecular flexibility index (Phi) is 4.10. The molecule has 3 aromatic rings. The van der Waals surface area contributed by atoms with Gasteiger partial charge in [0.2, 0.25) is 6.08 Å². The third-order valence-corrected chi connectivity index (χ3v) is 3.32. The number of para-hydroxylation sites is 4. The first-order valence-corrected chi connectivity index (χ1v) is 6.97. The predicted octanol–water partition coefficient (Wildman–Crippen LogP) is 5.12. The van der Waals surface area contributed by atoms with Gasteiger partial charge in [0.25, 0.3) is 0 Å². The number of hydrogen-bond donors (Lipinski definition) is 0. The second-order valence-corrected chi connectivity index (χ2v) is 4.70. The van der Waals surface area contributed by atoms with Gasteiger partial charge in [-0.1, -0.05) is 48.5 Å². The highest BCUT2D eigenvalue weighted by molar-refractivity contribution is 5.83. The molecule has 0 amide bonds. The van der Waals surface area contributed by atoms with Gasteiger partial charge < -0.3 is 4.90 Å². The average Bonchev–Trinajstić information content (AvgIpc) is 2.59. The number of carbonyl (C=O) groups excluding carboxylic acids is 1. The maximum atomic E-state index is 10.7. The van der Waals surface area contributed by atoms with E-state index in [0.29, 0.717) is 5.69 Å². The Morgan fingerprint density at radius 3 is 1.73 bits per heavy atom. The molecule has 0 radical (unpaired) electrons. The monoisotopic (exact) mass is 286 g/mol. The molecule has 0 aliphatic rings. The van der Waals surface area contributed by atoms with E-state index in [1.54, 1.807) is 12.1 Å². The molecule has 3 aromatic carbocycles. The Morgan fingerprint density at radius 2 is 1.18 bits per heavy atom. The van der Waals surface area contributed by atoms with E-state index in [1.807, 2.05) is 78.9 Å². The summed E-state index contributed by atoms with van der Waals surface area (Å²) in [6.07, 6.45) is 1.63. The molecule has 3 rings (SSSR count). The Hall–Kier alpha value is -3.16. The summed E-state index contributed by atoms with van der Waals surface area (Å²) in [4.78, 5) is 16.6. The number of benzene rings is 3. The van der Waals surface area contributed by atoms with E-state index in [0.717, 1.165) is 17.1 Å². The van der Waals surface area contributed by atoms with Gasteiger partial charge in [-0.3, -0.25) is 0 Å². The van der Waals surface area contributed by atoms with Gasteiger partial charge in [0.15, 0.2) is 0 Å². The fraction of sp³-hybridized carbons (Fsp3) is 0. The third-order valence-electron chi connectivity index (χ3n) is 3.32. The van der Waals surface area contributed by atoms with Crippen LogP contribution in [-0.2, 0) is 4.79 Å². The molecule has 106 valence electrons. The van der Waals surface area contributed by atoms with Gasteiger partial charge in [-0.25, -0.2) is 4.79 Å². The topological polar surface area (TPSA) is 32.7 Å².